The Balaban J connectivity index is 2.20. The zero-order chi connectivity index (χ0) is 15.7. The van der Waals surface area contributed by atoms with Gasteiger partial charge >= 0.3 is 0 Å². The van der Waals surface area contributed by atoms with Crippen LogP contribution in [0.1, 0.15) is 11.1 Å². The predicted octanol–water partition coefficient (Wildman–Crippen LogP) is 3.29. The molecule has 1 aromatic carbocycles. The molecule has 0 bridgehead atoms. The minimum absolute atomic E-state index is 1.23. The molecule has 0 unspecified atom stereocenters. The summed E-state index contributed by atoms with van der Waals surface area (Å²) in [5.41, 5.74) is 7.61. The van der Waals surface area contributed by atoms with E-state index in [0.717, 1.165) is 0 Å². The monoisotopic (exact) mass is 290 g/mol. The van der Waals surface area contributed by atoms with Crippen molar-refractivity contribution in [3.8, 4) is 22.5 Å². The van der Waals surface area contributed by atoms with E-state index in [1.807, 2.05) is 0 Å². The van der Waals surface area contributed by atoms with E-state index < -0.39 is 0 Å². The molecule has 0 aliphatic carbocycles. The van der Waals surface area contributed by atoms with Crippen LogP contribution in [0.3, 0.4) is 0 Å². The van der Waals surface area contributed by atoms with Gasteiger partial charge in [0.05, 0.1) is 0 Å². The second kappa shape index (κ2) is 5.72. The molecule has 0 amide bonds. The van der Waals surface area contributed by atoms with Crippen LogP contribution in [0.2, 0.25) is 0 Å². The summed E-state index contributed by atoms with van der Waals surface area (Å²) in [7, 11) is 4.20. The van der Waals surface area contributed by atoms with E-state index in [-0.39, 0.29) is 0 Å². The summed E-state index contributed by atoms with van der Waals surface area (Å²) in [6.07, 6.45) is 4.26. The van der Waals surface area contributed by atoms with Gasteiger partial charge in [-0.3, -0.25) is 0 Å². The summed E-state index contributed by atoms with van der Waals surface area (Å²) in [6, 6.07) is 17.2. The molecule has 110 valence electrons. The molecule has 0 N–H and O–H groups in total. The van der Waals surface area contributed by atoms with Gasteiger partial charge in [-0.25, -0.2) is 9.13 Å². The fraction of sp³-hybridized carbons (Fsp3) is 0.200. The van der Waals surface area contributed by atoms with E-state index in [4.69, 9.17) is 0 Å². The Bertz CT molecular complexity index is 835. The lowest BCUT2D eigenvalue weighted by atomic mass is 9.96. The van der Waals surface area contributed by atoms with Crippen LogP contribution in [0.15, 0.2) is 60.9 Å². The average Bonchev–Trinajstić information content (AvgIpc) is 2.49. The Morgan fingerprint density at radius 3 is 2.00 bits per heavy atom. The Morgan fingerprint density at radius 1 is 0.682 bits per heavy atom. The van der Waals surface area contributed by atoms with Crippen LogP contribution in [-0.2, 0) is 14.1 Å². The van der Waals surface area contributed by atoms with Crippen molar-refractivity contribution < 1.29 is 9.13 Å². The number of pyridine rings is 2. The first-order valence-electron chi connectivity index (χ1n) is 7.59. The van der Waals surface area contributed by atoms with Crippen LogP contribution >= 0.6 is 0 Å². The van der Waals surface area contributed by atoms with Crippen molar-refractivity contribution >= 4 is 0 Å². The molecule has 3 aromatic rings. The van der Waals surface area contributed by atoms with Gasteiger partial charge in [-0.15, -0.1) is 0 Å². The quantitative estimate of drug-likeness (QED) is 0.640. The van der Waals surface area contributed by atoms with Crippen LogP contribution in [0.4, 0.5) is 0 Å². The fourth-order valence-electron chi connectivity index (χ4n) is 3.02. The summed E-state index contributed by atoms with van der Waals surface area (Å²) >= 11 is 0. The molecular formula is C20H22N2+2. The fourth-order valence-corrected chi connectivity index (χ4v) is 3.02. The van der Waals surface area contributed by atoms with Gasteiger partial charge in [-0.2, -0.15) is 0 Å². The van der Waals surface area contributed by atoms with Gasteiger partial charge in [0.15, 0.2) is 12.4 Å². The Kier molecular flexibility index (Phi) is 3.76. The number of nitrogens with zero attached hydrogens (tertiary/aromatic N) is 2. The molecule has 0 spiro atoms. The van der Waals surface area contributed by atoms with Gasteiger partial charge in [0, 0.05) is 34.9 Å². The molecule has 0 saturated heterocycles. The van der Waals surface area contributed by atoms with Crippen LogP contribution in [-0.4, -0.2) is 0 Å². The van der Waals surface area contributed by atoms with Crippen molar-refractivity contribution in [1.82, 2.24) is 0 Å². The van der Waals surface area contributed by atoms with Crippen LogP contribution < -0.4 is 9.13 Å². The number of aryl methyl sites for hydroxylation is 3. The normalized spacial score (nSPS) is 10.7. The second-order valence-corrected chi connectivity index (χ2v) is 5.88. The van der Waals surface area contributed by atoms with Gasteiger partial charge in [-0.1, -0.05) is 6.07 Å². The van der Waals surface area contributed by atoms with Gasteiger partial charge in [0.1, 0.15) is 14.1 Å². The number of aromatic nitrogens is 2. The third-order valence-electron chi connectivity index (χ3n) is 4.22. The van der Waals surface area contributed by atoms with E-state index in [0.29, 0.717) is 0 Å². The SMILES string of the molecule is Cc1ccc(-c2cccc(-c3cccc[n+]3C)c2C)[n+](C)c1. The molecule has 0 atom stereocenters. The molecule has 3 rings (SSSR count). The molecule has 2 heterocycles. The van der Waals surface area contributed by atoms with Crippen molar-refractivity contribution in [2.24, 2.45) is 14.1 Å². The lowest BCUT2D eigenvalue weighted by Crippen LogP contribution is -2.31. The minimum Gasteiger partial charge on any atom is -0.201 e. The van der Waals surface area contributed by atoms with Crippen LogP contribution in [0.5, 0.6) is 0 Å². The molecule has 22 heavy (non-hydrogen) atoms. The molecule has 2 aromatic heterocycles. The topological polar surface area (TPSA) is 7.76 Å². The van der Waals surface area contributed by atoms with Crippen LogP contribution in [0.25, 0.3) is 22.5 Å². The number of rotatable bonds is 2. The summed E-state index contributed by atoms with van der Waals surface area (Å²) < 4.78 is 4.37. The Morgan fingerprint density at radius 2 is 1.36 bits per heavy atom. The molecule has 0 fully saturated rings. The highest BCUT2D eigenvalue weighted by molar-refractivity contribution is 5.73. The van der Waals surface area contributed by atoms with E-state index in [9.17, 15) is 0 Å². The maximum absolute atomic E-state index is 2.21. The van der Waals surface area contributed by atoms with Crippen molar-refractivity contribution in [3.63, 3.8) is 0 Å². The summed E-state index contributed by atoms with van der Waals surface area (Å²) in [5.74, 6) is 0. The summed E-state index contributed by atoms with van der Waals surface area (Å²) in [4.78, 5) is 0. The smallest absolute Gasteiger partial charge is 0.201 e. The first-order chi connectivity index (χ1) is 10.6. The van der Waals surface area contributed by atoms with E-state index in [1.54, 1.807) is 0 Å². The summed E-state index contributed by atoms with van der Waals surface area (Å²) in [6.45, 7) is 4.33. The zero-order valence-electron chi connectivity index (χ0n) is 13.7. The standard InChI is InChI=1S/C20H22N2/c1-15-11-12-20(22(4)14-15)18-9-7-8-17(16(18)2)19-10-5-6-13-21(19)3/h5-14H,1-4H3/q+2. The third kappa shape index (κ3) is 2.52. The average molecular weight is 290 g/mol. The largest absolute Gasteiger partial charge is 0.212 e. The molecule has 0 radical (unpaired) electrons. The van der Waals surface area contributed by atoms with Crippen LogP contribution in [0, 0.1) is 13.8 Å². The van der Waals surface area contributed by atoms with E-state index in [2.05, 4.69) is 98.0 Å². The van der Waals surface area contributed by atoms with Crippen molar-refractivity contribution in [2.45, 2.75) is 13.8 Å². The molecule has 2 heteroatoms. The lowest BCUT2D eigenvalue weighted by Gasteiger charge is -2.09. The lowest BCUT2D eigenvalue weighted by molar-refractivity contribution is -0.660. The molecule has 0 aliphatic rings. The van der Waals surface area contributed by atoms with Crippen molar-refractivity contribution in [1.29, 1.82) is 0 Å². The van der Waals surface area contributed by atoms with Gasteiger partial charge in [-0.05, 0) is 43.7 Å². The first kappa shape index (κ1) is 14.5. The van der Waals surface area contributed by atoms with E-state index >= 15 is 0 Å². The maximum Gasteiger partial charge on any atom is 0.212 e. The van der Waals surface area contributed by atoms with E-state index in [1.165, 1.54) is 33.6 Å². The highest BCUT2D eigenvalue weighted by Crippen LogP contribution is 2.28. The highest BCUT2D eigenvalue weighted by atomic mass is 14.9. The molecule has 0 aliphatic heterocycles. The molecular weight excluding hydrogens is 268 g/mol. The third-order valence-corrected chi connectivity index (χ3v) is 4.22. The minimum atomic E-state index is 1.23. The molecule has 0 saturated carbocycles. The second-order valence-electron chi connectivity index (χ2n) is 5.88. The number of hydrogen-bond acceptors (Lipinski definition) is 0. The highest BCUT2D eigenvalue weighted by Gasteiger charge is 2.18. The number of hydrogen-bond donors (Lipinski definition) is 0. The number of benzene rings is 1. The first-order valence-corrected chi connectivity index (χ1v) is 7.59. The predicted molar refractivity (Wildman–Crippen MR) is 89.1 cm³/mol. The van der Waals surface area contributed by atoms with Crippen molar-refractivity contribution in [2.75, 3.05) is 0 Å². The zero-order valence-corrected chi connectivity index (χ0v) is 13.7. The van der Waals surface area contributed by atoms with Gasteiger partial charge in [0.2, 0.25) is 11.4 Å². The van der Waals surface area contributed by atoms with Crippen molar-refractivity contribution in [3.05, 3.63) is 72.1 Å². The Hall–Kier alpha value is -2.48. The van der Waals surface area contributed by atoms with Gasteiger partial charge in [0.25, 0.3) is 0 Å². The maximum atomic E-state index is 2.21. The Labute approximate surface area is 132 Å². The molecule has 2 nitrogen and oxygen atoms in total. The summed E-state index contributed by atoms with van der Waals surface area (Å²) in [5, 5.41) is 0. The van der Waals surface area contributed by atoms with Gasteiger partial charge < -0.3 is 0 Å².